The zero-order valence-electron chi connectivity index (χ0n) is 9.01. The van der Waals surface area contributed by atoms with E-state index in [4.69, 9.17) is 0 Å². The molecule has 0 fully saturated rings. The lowest BCUT2D eigenvalue weighted by Gasteiger charge is -2.20. The summed E-state index contributed by atoms with van der Waals surface area (Å²) in [6.45, 7) is 5.23. The Bertz CT molecular complexity index is 350. The summed E-state index contributed by atoms with van der Waals surface area (Å²) in [5.41, 5.74) is -0.419. The Balaban J connectivity index is 2.71. The zero-order valence-corrected chi connectivity index (χ0v) is 9.01. The SMILES string of the molecule is CC(C)(C)C(=O)NC1=CCC(=O)NC1=O. The predicted molar refractivity (Wildman–Crippen MR) is 53.4 cm³/mol. The van der Waals surface area contributed by atoms with Crippen LogP contribution in [0.5, 0.6) is 0 Å². The zero-order chi connectivity index (χ0) is 11.6. The first kappa shape index (κ1) is 11.4. The van der Waals surface area contributed by atoms with Crippen molar-refractivity contribution in [3.8, 4) is 0 Å². The number of amides is 3. The summed E-state index contributed by atoms with van der Waals surface area (Å²) >= 11 is 0. The van der Waals surface area contributed by atoms with Gasteiger partial charge in [-0.05, 0) is 6.08 Å². The average Bonchev–Trinajstić information content (AvgIpc) is 2.08. The van der Waals surface area contributed by atoms with Gasteiger partial charge in [-0.1, -0.05) is 20.8 Å². The monoisotopic (exact) mass is 210 g/mol. The minimum absolute atomic E-state index is 0.117. The minimum Gasteiger partial charge on any atom is -0.321 e. The van der Waals surface area contributed by atoms with Crippen LogP contribution in [0.4, 0.5) is 0 Å². The Morgan fingerprint density at radius 3 is 2.47 bits per heavy atom. The van der Waals surface area contributed by atoms with Gasteiger partial charge < -0.3 is 5.32 Å². The van der Waals surface area contributed by atoms with E-state index < -0.39 is 11.3 Å². The van der Waals surface area contributed by atoms with Crippen molar-refractivity contribution in [1.29, 1.82) is 0 Å². The molecule has 1 aliphatic heterocycles. The standard InChI is InChI=1S/C10H14N2O3/c1-10(2,3)9(15)11-6-4-5-7(13)12-8(6)14/h4H,5H2,1-3H3,(H,11,15)(H,12,13,14). The van der Waals surface area contributed by atoms with Gasteiger partial charge in [-0.15, -0.1) is 0 Å². The van der Waals surface area contributed by atoms with Gasteiger partial charge in [-0.2, -0.15) is 0 Å². The van der Waals surface area contributed by atoms with Crippen LogP contribution in [0.15, 0.2) is 11.8 Å². The first-order chi connectivity index (χ1) is 6.80. The molecule has 82 valence electrons. The molecule has 1 aliphatic rings. The van der Waals surface area contributed by atoms with Crippen LogP contribution in [0.3, 0.4) is 0 Å². The smallest absolute Gasteiger partial charge is 0.274 e. The van der Waals surface area contributed by atoms with Crippen molar-refractivity contribution >= 4 is 17.7 Å². The number of hydrogen-bond acceptors (Lipinski definition) is 3. The van der Waals surface area contributed by atoms with Crippen LogP contribution < -0.4 is 10.6 Å². The second-order valence-corrected chi connectivity index (χ2v) is 4.40. The van der Waals surface area contributed by atoms with Gasteiger partial charge in [0, 0.05) is 11.8 Å². The molecule has 5 nitrogen and oxygen atoms in total. The van der Waals surface area contributed by atoms with Crippen LogP contribution in [0, 0.1) is 5.41 Å². The van der Waals surface area contributed by atoms with Crippen molar-refractivity contribution in [1.82, 2.24) is 10.6 Å². The molecule has 15 heavy (non-hydrogen) atoms. The second kappa shape index (κ2) is 3.84. The number of carbonyl (C=O) groups excluding carboxylic acids is 3. The molecule has 5 heteroatoms. The van der Waals surface area contributed by atoms with Gasteiger partial charge >= 0.3 is 0 Å². The minimum atomic E-state index is -0.567. The summed E-state index contributed by atoms with van der Waals surface area (Å²) < 4.78 is 0. The number of imide groups is 1. The van der Waals surface area contributed by atoms with E-state index in [9.17, 15) is 14.4 Å². The van der Waals surface area contributed by atoms with Crippen molar-refractivity contribution < 1.29 is 14.4 Å². The molecule has 3 amide bonds. The van der Waals surface area contributed by atoms with Gasteiger partial charge in [0.2, 0.25) is 11.8 Å². The number of nitrogens with one attached hydrogen (secondary N) is 2. The number of rotatable bonds is 1. The molecule has 0 aromatic heterocycles. The van der Waals surface area contributed by atoms with E-state index in [0.717, 1.165) is 0 Å². The number of carbonyl (C=O) groups is 3. The summed E-state index contributed by atoms with van der Waals surface area (Å²) in [5, 5.41) is 4.61. The lowest BCUT2D eigenvalue weighted by Crippen LogP contribution is -2.43. The van der Waals surface area contributed by atoms with E-state index in [1.165, 1.54) is 6.08 Å². The summed E-state index contributed by atoms with van der Waals surface area (Å²) in [5.74, 6) is -1.16. The third kappa shape index (κ3) is 2.90. The van der Waals surface area contributed by atoms with Crippen LogP contribution in [0.1, 0.15) is 27.2 Å². The fraction of sp³-hybridized carbons (Fsp3) is 0.500. The third-order valence-electron chi connectivity index (χ3n) is 1.92. The molecular formula is C10H14N2O3. The van der Waals surface area contributed by atoms with Crippen molar-refractivity contribution in [2.45, 2.75) is 27.2 Å². The van der Waals surface area contributed by atoms with E-state index in [1.54, 1.807) is 20.8 Å². The molecule has 2 N–H and O–H groups in total. The van der Waals surface area contributed by atoms with Gasteiger partial charge in [-0.3, -0.25) is 19.7 Å². The molecule has 0 saturated heterocycles. The highest BCUT2D eigenvalue weighted by Crippen LogP contribution is 2.14. The fourth-order valence-electron chi connectivity index (χ4n) is 0.950. The molecule has 0 aromatic rings. The molecule has 0 radical (unpaired) electrons. The van der Waals surface area contributed by atoms with Gasteiger partial charge in [-0.25, -0.2) is 0 Å². The topological polar surface area (TPSA) is 75.3 Å². The van der Waals surface area contributed by atoms with E-state index in [-0.39, 0.29) is 23.9 Å². The molecule has 0 aromatic carbocycles. The van der Waals surface area contributed by atoms with Crippen molar-refractivity contribution in [3.05, 3.63) is 11.8 Å². The van der Waals surface area contributed by atoms with Gasteiger partial charge in [0.1, 0.15) is 5.70 Å². The normalized spacial score (nSPS) is 16.9. The highest BCUT2D eigenvalue weighted by Gasteiger charge is 2.26. The molecule has 1 rings (SSSR count). The molecule has 0 bridgehead atoms. The van der Waals surface area contributed by atoms with Gasteiger partial charge in [0.25, 0.3) is 5.91 Å². The molecule has 0 unspecified atom stereocenters. The molecular weight excluding hydrogens is 196 g/mol. The molecule has 0 saturated carbocycles. The first-order valence-electron chi connectivity index (χ1n) is 4.66. The lowest BCUT2D eigenvalue weighted by atomic mass is 9.95. The van der Waals surface area contributed by atoms with E-state index in [1.807, 2.05) is 0 Å². The molecule has 0 aliphatic carbocycles. The van der Waals surface area contributed by atoms with E-state index in [2.05, 4.69) is 10.6 Å². The van der Waals surface area contributed by atoms with Crippen LogP contribution >= 0.6 is 0 Å². The van der Waals surface area contributed by atoms with Crippen molar-refractivity contribution in [3.63, 3.8) is 0 Å². The highest BCUT2D eigenvalue weighted by atomic mass is 16.2. The average molecular weight is 210 g/mol. The predicted octanol–water partition coefficient (Wildman–Crippen LogP) is 0.0791. The maximum Gasteiger partial charge on any atom is 0.274 e. The molecule has 0 atom stereocenters. The maximum absolute atomic E-state index is 11.5. The Hall–Kier alpha value is -1.65. The van der Waals surface area contributed by atoms with Crippen LogP contribution in [0.25, 0.3) is 0 Å². The Morgan fingerprint density at radius 1 is 1.40 bits per heavy atom. The molecule has 0 spiro atoms. The summed E-state index contributed by atoms with van der Waals surface area (Å²) in [6, 6.07) is 0. The van der Waals surface area contributed by atoms with E-state index >= 15 is 0 Å². The van der Waals surface area contributed by atoms with Gasteiger partial charge in [0.15, 0.2) is 0 Å². The highest BCUT2D eigenvalue weighted by molar-refractivity contribution is 6.09. The fourth-order valence-corrected chi connectivity index (χ4v) is 0.950. The van der Waals surface area contributed by atoms with Gasteiger partial charge in [0.05, 0.1) is 0 Å². The summed E-state index contributed by atoms with van der Waals surface area (Å²) in [4.78, 5) is 33.6. The maximum atomic E-state index is 11.5. The summed E-state index contributed by atoms with van der Waals surface area (Å²) in [7, 11) is 0. The Morgan fingerprint density at radius 2 is 2.00 bits per heavy atom. The van der Waals surface area contributed by atoms with Crippen LogP contribution in [0.2, 0.25) is 0 Å². The van der Waals surface area contributed by atoms with Crippen LogP contribution in [-0.4, -0.2) is 17.7 Å². The Kier molecular flexibility index (Phi) is 2.93. The number of hydrogen-bond donors (Lipinski definition) is 2. The largest absolute Gasteiger partial charge is 0.321 e. The van der Waals surface area contributed by atoms with Crippen LogP contribution in [-0.2, 0) is 14.4 Å². The second-order valence-electron chi connectivity index (χ2n) is 4.40. The first-order valence-corrected chi connectivity index (χ1v) is 4.66. The molecule has 1 heterocycles. The third-order valence-corrected chi connectivity index (χ3v) is 1.92. The van der Waals surface area contributed by atoms with Crippen molar-refractivity contribution in [2.24, 2.45) is 5.41 Å². The Labute approximate surface area is 87.9 Å². The van der Waals surface area contributed by atoms with Crippen molar-refractivity contribution in [2.75, 3.05) is 0 Å². The lowest BCUT2D eigenvalue weighted by molar-refractivity contribution is -0.132. The van der Waals surface area contributed by atoms with E-state index in [0.29, 0.717) is 0 Å². The summed E-state index contributed by atoms with van der Waals surface area (Å²) in [6.07, 6.45) is 1.54. The quantitative estimate of drug-likeness (QED) is 0.602.